The molecule has 0 aromatic carbocycles. The first-order chi connectivity index (χ1) is 8.61. The molecule has 1 aromatic heterocycles. The Hall–Kier alpha value is -1.69. The summed E-state index contributed by atoms with van der Waals surface area (Å²) in [6, 6.07) is 3.39. The van der Waals surface area contributed by atoms with Crippen molar-refractivity contribution < 1.29 is 9.90 Å². The Bertz CT molecular complexity index is 419. The number of carbonyl (C=O) groups is 1. The number of nitrogens with one attached hydrogen (secondary N) is 1. The van der Waals surface area contributed by atoms with Crippen molar-refractivity contribution in [2.24, 2.45) is 5.92 Å². The summed E-state index contributed by atoms with van der Waals surface area (Å²) in [4.78, 5) is 13.9. The molecular weight excluding hydrogens is 232 g/mol. The number of likely N-dealkylation sites (tertiary alicyclic amines) is 1. The minimum atomic E-state index is -0.374. The third kappa shape index (κ3) is 2.59. The summed E-state index contributed by atoms with van der Waals surface area (Å²) >= 11 is 0. The smallest absolute Gasteiger partial charge is 0.274 e. The zero-order chi connectivity index (χ0) is 13.1. The molecule has 6 nitrogen and oxygen atoms in total. The third-order valence-electron chi connectivity index (χ3n) is 3.33. The molecule has 6 heteroatoms. The van der Waals surface area contributed by atoms with Crippen LogP contribution in [0.5, 0.6) is 0 Å². The average molecular weight is 250 g/mol. The lowest BCUT2D eigenvalue weighted by molar-refractivity contribution is 0.0755. The zero-order valence-corrected chi connectivity index (χ0v) is 10.6. The Morgan fingerprint density at radius 3 is 2.83 bits per heavy atom. The summed E-state index contributed by atoms with van der Waals surface area (Å²) in [5.41, 5.74) is 0.347. The Morgan fingerprint density at radius 2 is 2.33 bits per heavy atom. The normalized spacial score (nSPS) is 20.8. The van der Waals surface area contributed by atoms with Crippen LogP contribution in [-0.2, 0) is 0 Å². The monoisotopic (exact) mass is 250 g/mol. The van der Waals surface area contributed by atoms with Gasteiger partial charge in [0.1, 0.15) is 5.82 Å². The number of amides is 1. The number of aliphatic hydroxyl groups is 1. The molecule has 0 radical (unpaired) electrons. The van der Waals surface area contributed by atoms with E-state index in [1.54, 1.807) is 31.0 Å². The minimum Gasteiger partial charge on any atom is -0.393 e. The van der Waals surface area contributed by atoms with Crippen LogP contribution in [0.2, 0.25) is 0 Å². The summed E-state index contributed by atoms with van der Waals surface area (Å²) < 4.78 is 0. The fourth-order valence-corrected chi connectivity index (χ4v) is 2.11. The van der Waals surface area contributed by atoms with Gasteiger partial charge in [0, 0.05) is 26.1 Å². The second kappa shape index (κ2) is 5.30. The molecule has 2 rings (SSSR count). The molecule has 1 aromatic rings. The Balaban J connectivity index is 2.03. The van der Waals surface area contributed by atoms with Gasteiger partial charge in [-0.15, -0.1) is 10.2 Å². The number of carbonyl (C=O) groups excluding carboxylic acids is 1. The van der Waals surface area contributed by atoms with Crippen molar-refractivity contribution in [2.75, 3.05) is 25.5 Å². The maximum atomic E-state index is 12.1. The van der Waals surface area contributed by atoms with Gasteiger partial charge >= 0.3 is 0 Å². The van der Waals surface area contributed by atoms with Crippen LogP contribution in [-0.4, -0.2) is 52.4 Å². The van der Waals surface area contributed by atoms with Gasteiger partial charge in [0.25, 0.3) is 5.91 Å². The van der Waals surface area contributed by atoms with Crippen molar-refractivity contribution in [3.05, 3.63) is 17.8 Å². The number of aromatic nitrogens is 2. The van der Waals surface area contributed by atoms with Crippen molar-refractivity contribution in [1.82, 2.24) is 15.1 Å². The van der Waals surface area contributed by atoms with Gasteiger partial charge in [0.05, 0.1) is 6.10 Å². The number of hydrogen-bond donors (Lipinski definition) is 2. The molecule has 2 unspecified atom stereocenters. The fourth-order valence-electron chi connectivity index (χ4n) is 2.11. The topological polar surface area (TPSA) is 78.4 Å². The van der Waals surface area contributed by atoms with E-state index in [0.717, 1.165) is 6.42 Å². The van der Waals surface area contributed by atoms with E-state index in [1.165, 1.54) is 0 Å². The van der Waals surface area contributed by atoms with Crippen molar-refractivity contribution in [3.8, 4) is 0 Å². The standard InChI is InChI=1S/C12H18N4O2/c1-8(17)9-5-6-16(7-9)12(18)10-3-4-11(13-2)15-14-10/h3-4,8-9,17H,5-7H2,1-2H3,(H,13,15). The lowest BCUT2D eigenvalue weighted by Gasteiger charge is -2.17. The zero-order valence-electron chi connectivity index (χ0n) is 10.6. The molecule has 0 bridgehead atoms. The van der Waals surface area contributed by atoms with E-state index in [9.17, 15) is 9.90 Å². The number of rotatable bonds is 3. The fraction of sp³-hybridized carbons (Fsp3) is 0.583. The first-order valence-electron chi connectivity index (χ1n) is 6.10. The Morgan fingerprint density at radius 1 is 1.56 bits per heavy atom. The predicted octanol–water partition coefficient (Wildman–Crippen LogP) is 0.361. The second-order valence-corrected chi connectivity index (χ2v) is 4.59. The number of aliphatic hydroxyl groups excluding tert-OH is 1. The molecule has 1 saturated heterocycles. The van der Waals surface area contributed by atoms with Crippen molar-refractivity contribution >= 4 is 11.7 Å². The molecule has 98 valence electrons. The van der Waals surface area contributed by atoms with Crippen LogP contribution in [0.25, 0.3) is 0 Å². The molecule has 1 aliphatic rings. The summed E-state index contributed by atoms with van der Waals surface area (Å²) in [5.74, 6) is 0.682. The maximum Gasteiger partial charge on any atom is 0.274 e. The number of anilines is 1. The number of nitrogens with zero attached hydrogens (tertiary/aromatic N) is 3. The van der Waals surface area contributed by atoms with Crippen LogP contribution in [0.4, 0.5) is 5.82 Å². The van der Waals surface area contributed by atoms with Crippen molar-refractivity contribution in [3.63, 3.8) is 0 Å². The largest absolute Gasteiger partial charge is 0.393 e. The van der Waals surface area contributed by atoms with Crippen molar-refractivity contribution in [2.45, 2.75) is 19.4 Å². The molecule has 1 fully saturated rings. The van der Waals surface area contributed by atoms with E-state index in [4.69, 9.17) is 0 Å². The molecule has 0 spiro atoms. The molecule has 0 saturated carbocycles. The first-order valence-corrected chi connectivity index (χ1v) is 6.10. The maximum absolute atomic E-state index is 12.1. The minimum absolute atomic E-state index is 0.117. The van der Waals surface area contributed by atoms with E-state index in [2.05, 4.69) is 15.5 Å². The van der Waals surface area contributed by atoms with E-state index < -0.39 is 0 Å². The van der Waals surface area contributed by atoms with Crippen LogP contribution < -0.4 is 5.32 Å². The highest BCUT2D eigenvalue weighted by Gasteiger charge is 2.30. The van der Waals surface area contributed by atoms with Crippen LogP contribution in [0.1, 0.15) is 23.8 Å². The first kappa shape index (κ1) is 12.8. The van der Waals surface area contributed by atoms with E-state index in [0.29, 0.717) is 24.6 Å². The van der Waals surface area contributed by atoms with E-state index >= 15 is 0 Å². The molecular formula is C12H18N4O2. The molecule has 2 atom stereocenters. The number of hydrogen-bond acceptors (Lipinski definition) is 5. The van der Waals surface area contributed by atoms with Gasteiger partial charge in [-0.3, -0.25) is 4.79 Å². The van der Waals surface area contributed by atoms with Crippen LogP contribution in [0.15, 0.2) is 12.1 Å². The second-order valence-electron chi connectivity index (χ2n) is 4.59. The van der Waals surface area contributed by atoms with Gasteiger partial charge in [0.15, 0.2) is 5.69 Å². The van der Waals surface area contributed by atoms with Crippen LogP contribution >= 0.6 is 0 Å². The van der Waals surface area contributed by atoms with E-state index in [1.807, 2.05) is 0 Å². The predicted molar refractivity (Wildman–Crippen MR) is 67.3 cm³/mol. The van der Waals surface area contributed by atoms with Crippen LogP contribution in [0.3, 0.4) is 0 Å². The van der Waals surface area contributed by atoms with Gasteiger partial charge in [-0.2, -0.15) is 0 Å². The molecule has 1 amide bonds. The Labute approximate surface area is 106 Å². The Kier molecular flexibility index (Phi) is 3.76. The quantitative estimate of drug-likeness (QED) is 0.810. The van der Waals surface area contributed by atoms with E-state index in [-0.39, 0.29) is 17.9 Å². The third-order valence-corrected chi connectivity index (χ3v) is 3.33. The SMILES string of the molecule is CNc1ccc(C(=O)N2CCC(C(C)O)C2)nn1. The molecule has 2 heterocycles. The summed E-state index contributed by atoms with van der Waals surface area (Å²) in [6.45, 7) is 3.02. The lowest BCUT2D eigenvalue weighted by atomic mass is 10.0. The lowest BCUT2D eigenvalue weighted by Crippen LogP contribution is -2.31. The highest BCUT2D eigenvalue weighted by Crippen LogP contribution is 2.21. The van der Waals surface area contributed by atoms with Gasteiger partial charge in [-0.25, -0.2) is 0 Å². The molecule has 1 aliphatic heterocycles. The van der Waals surface area contributed by atoms with Crippen molar-refractivity contribution in [1.29, 1.82) is 0 Å². The molecule has 18 heavy (non-hydrogen) atoms. The van der Waals surface area contributed by atoms with Crippen LogP contribution in [0, 0.1) is 5.92 Å². The van der Waals surface area contributed by atoms with Gasteiger partial charge in [-0.1, -0.05) is 0 Å². The molecule has 0 aliphatic carbocycles. The highest BCUT2D eigenvalue weighted by molar-refractivity contribution is 5.92. The summed E-state index contributed by atoms with van der Waals surface area (Å²) in [6.07, 6.45) is 0.464. The van der Waals surface area contributed by atoms with Gasteiger partial charge in [-0.05, 0) is 25.5 Å². The molecule has 2 N–H and O–H groups in total. The van der Waals surface area contributed by atoms with Gasteiger partial charge in [0.2, 0.25) is 0 Å². The highest BCUT2D eigenvalue weighted by atomic mass is 16.3. The summed E-state index contributed by atoms with van der Waals surface area (Å²) in [5, 5.41) is 20.2. The summed E-state index contributed by atoms with van der Waals surface area (Å²) in [7, 11) is 1.75. The van der Waals surface area contributed by atoms with Gasteiger partial charge < -0.3 is 15.3 Å². The average Bonchev–Trinajstić information content (AvgIpc) is 2.88.